The second-order valence-electron chi connectivity index (χ2n) is 3.24. The number of aryl methyl sites for hydroxylation is 1. The normalized spacial score (nSPS) is 26.6. The number of rotatable bonds is 2. The molecule has 76 valence electrons. The average Bonchev–Trinajstić information content (AvgIpc) is 2.71. The number of thiophene rings is 1. The van der Waals surface area contributed by atoms with Crippen molar-refractivity contribution in [1.29, 1.82) is 0 Å². The highest BCUT2D eigenvalue weighted by atomic mass is 32.2. The molecule has 1 aliphatic heterocycles. The molecule has 0 spiro atoms. The summed E-state index contributed by atoms with van der Waals surface area (Å²) in [6, 6.07) is 2.28. The molecule has 0 amide bonds. The van der Waals surface area contributed by atoms with Gasteiger partial charge in [-0.1, -0.05) is 0 Å². The van der Waals surface area contributed by atoms with Gasteiger partial charge in [-0.05, 0) is 23.9 Å². The minimum atomic E-state index is -0.772. The zero-order chi connectivity index (χ0) is 10.1. The van der Waals surface area contributed by atoms with Crippen molar-refractivity contribution < 1.29 is 9.90 Å². The molecule has 0 aliphatic carbocycles. The van der Waals surface area contributed by atoms with Gasteiger partial charge in [0, 0.05) is 10.6 Å². The van der Waals surface area contributed by atoms with Crippen molar-refractivity contribution in [2.45, 2.75) is 18.3 Å². The van der Waals surface area contributed by atoms with Crippen molar-refractivity contribution in [2.75, 3.05) is 5.75 Å². The van der Waals surface area contributed by atoms with Gasteiger partial charge in [0.15, 0.2) is 5.37 Å². The molecule has 2 atom stereocenters. The van der Waals surface area contributed by atoms with Gasteiger partial charge >= 0.3 is 5.97 Å². The van der Waals surface area contributed by atoms with Crippen LogP contribution in [0.5, 0.6) is 0 Å². The molecule has 2 rings (SSSR count). The van der Waals surface area contributed by atoms with Gasteiger partial charge < -0.3 is 5.11 Å². The maximum atomic E-state index is 10.7. The van der Waals surface area contributed by atoms with Gasteiger partial charge in [-0.2, -0.15) is 0 Å². The van der Waals surface area contributed by atoms with Crippen LogP contribution in [0.2, 0.25) is 0 Å². The monoisotopic (exact) mass is 229 g/mol. The van der Waals surface area contributed by atoms with Crippen LogP contribution in [0.1, 0.15) is 16.5 Å². The summed E-state index contributed by atoms with van der Waals surface area (Å²) in [6.45, 7) is 2.06. The van der Waals surface area contributed by atoms with Crippen molar-refractivity contribution in [3.05, 3.63) is 21.9 Å². The smallest absolute Gasteiger partial charge is 0.331 e. The number of carbonyl (C=O) groups is 1. The van der Waals surface area contributed by atoms with E-state index < -0.39 is 11.3 Å². The molecule has 5 heteroatoms. The van der Waals surface area contributed by atoms with Crippen molar-refractivity contribution >= 4 is 29.1 Å². The Morgan fingerprint density at radius 1 is 1.71 bits per heavy atom. The number of carboxylic acids is 1. The molecular formula is C9H11NO2S2. The van der Waals surface area contributed by atoms with E-state index in [1.807, 2.05) is 5.38 Å². The van der Waals surface area contributed by atoms with E-state index in [-0.39, 0.29) is 6.04 Å². The third-order valence-electron chi connectivity index (χ3n) is 2.22. The predicted molar refractivity (Wildman–Crippen MR) is 58.8 cm³/mol. The standard InChI is InChI=1S/C9H11NO2S2/c1-5-2-3-13-7(5)6-4-14-8(10-6)9(11)12/h2-3,6,8,10H,4H2,1H3,(H,11,12)/t6-,8-/m0/s1. The van der Waals surface area contributed by atoms with Crippen molar-refractivity contribution in [3.8, 4) is 0 Å². The zero-order valence-corrected chi connectivity index (χ0v) is 9.32. The third-order valence-corrected chi connectivity index (χ3v) is 4.55. The second kappa shape index (κ2) is 3.92. The molecule has 1 aromatic heterocycles. The van der Waals surface area contributed by atoms with Crippen LogP contribution in [0.15, 0.2) is 11.4 Å². The van der Waals surface area contributed by atoms with Gasteiger partial charge in [-0.15, -0.1) is 23.1 Å². The van der Waals surface area contributed by atoms with E-state index >= 15 is 0 Å². The molecule has 0 radical (unpaired) electrons. The van der Waals surface area contributed by atoms with Crippen LogP contribution in [-0.2, 0) is 4.79 Å². The third kappa shape index (κ3) is 1.80. The lowest BCUT2D eigenvalue weighted by molar-refractivity contribution is -0.136. The number of carboxylic acid groups (broad SMARTS) is 1. The molecule has 1 aliphatic rings. The molecule has 1 fully saturated rings. The van der Waals surface area contributed by atoms with Gasteiger partial charge in [0.1, 0.15) is 0 Å². The van der Waals surface area contributed by atoms with Gasteiger partial charge in [-0.25, -0.2) is 4.79 Å². The summed E-state index contributed by atoms with van der Waals surface area (Å²) >= 11 is 3.15. The Morgan fingerprint density at radius 2 is 2.50 bits per heavy atom. The first-order valence-electron chi connectivity index (χ1n) is 4.33. The number of nitrogens with one attached hydrogen (secondary N) is 1. The fourth-order valence-corrected chi connectivity index (χ4v) is 3.65. The molecule has 0 saturated carbocycles. The second-order valence-corrected chi connectivity index (χ2v) is 5.32. The Hall–Kier alpha value is -0.520. The Morgan fingerprint density at radius 3 is 3.00 bits per heavy atom. The SMILES string of the molecule is Cc1ccsc1[C@@H]1CS[C@@H](C(=O)O)N1. The van der Waals surface area contributed by atoms with E-state index in [4.69, 9.17) is 5.11 Å². The molecule has 14 heavy (non-hydrogen) atoms. The molecule has 2 heterocycles. The number of hydrogen-bond donors (Lipinski definition) is 2. The van der Waals surface area contributed by atoms with Gasteiger partial charge in [0.25, 0.3) is 0 Å². The highest BCUT2D eigenvalue weighted by Crippen LogP contribution is 2.33. The van der Waals surface area contributed by atoms with E-state index in [1.165, 1.54) is 22.2 Å². The van der Waals surface area contributed by atoms with Crippen molar-refractivity contribution in [3.63, 3.8) is 0 Å². The van der Waals surface area contributed by atoms with Crippen LogP contribution in [0, 0.1) is 6.92 Å². The zero-order valence-electron chi connectivity index (χ0n) is 7.69. The summed E-state index contributed by atoms with van der Waals surface area (Å²) in [5.41, 5.74) is 1.25. The van der Waals surface area contributed by atoms with Crippen LogP contribution in [0.3, 0.4) is 0 Å². The quantitative estimate of drug-likeness (QED) is 0.812. The Labute approximate surface area is 90.5 Å². The van der Waals surface area contributed by atoms with Crippen molar-refractivity contribution in [1.82, 2.24) is 5.32 Å². The Bertz CT molecular complexity index is 350. The maximum Gasteiger partial charge on any atom is 0.331 e. The number of thioether (sulfide) groups is 1. The first-order chi connectivity index (χ1) is 6.68. The number of aliphatic carboxylic acids is 1. The van der Waals surface area contributed by atoms with Gasteiger partial charge in [0.2, 0.25) is 0 Å². The summed E-state index contributed by atoms with van der Waals surface area (Å²) in [5, 5.41) is 13.5. The average molecular weight is 229 g/mol. The molecule has 0 aromatic carbocycles. The largest absolute Gasteiger partial charge is 0.479 e. The fraction of sp³-hybridized carbons (Fsp3) is 0.444. The highest BCUT2D eigenvalue weighted by Gasteiger charge is 2.31. The predicted octanol–water partition coefficient (Wildman–Crippen LogP) is 1.84. The van der Waals surface area contributed by atoms with E-state index in [1.54, 1.807) is 11.3 Å². The minimum absolute atomic E-state index is 0.209. The molecule has 2 N–H and O–H groups in total. The Kier molecular flexibility index (Phi) is 2.80. The summed E-state index contributed by atoms with van der Waals surface area (Å²) in [4.78, 5) is 12.0. The lowest BCUT2D eigenvalue weighted by Gasteiger charge is -2.09. The van der Waals surface area contributed by atoms with E-state index in [0.717, 1.165) is 5.75 Å². The summed E-state index contributed by atoms with van der Waals surface area (Å²) in [5.74, 6) is 0.0740. The molecule has 3 nitrogen and oxygen atoms in total. The van der Waals surface area contributed by atoms with Crippen LogP contribution in [0.25, 0.3) is 0 Å². The molecule has 0 unspecified atom stereocenters. The van der Waals surface area contributed by atoms with E-state index in [2.05, 4.69) is 18.3 Å². The highest BCUT2D eigenvalue weighted by molar-refractivity contribution is 8.00. The lowest BCUT2D eigenvalue weighted by Crippen LogP contribution is -2.30. The van der Waals surface area contributed by atoms with E-state index in [0.29, 0.717) is 0 Å². The summed E-state index contributed by atoms with van der Waals surface area (Å²) in [7, 11) is 0. The number of hydrogen-bond acceptors (Lipinski definition) is 4. The topological polar surface area (TPSA) is 49.3 Å². The minimum Gasteiger partial charge on any atom is -0.479 e. The van der Waals surface area contributed by atoms with Gasteiger partial charge in [-0.3, -0.25) is 5.32 Å². The first kappa shape index (κ1) is 10.0. The molecule has 1 aromatic rings. The fourth-order valence-electron chi connectivity index (χ4n) is 1.51. The van der Waals surface area contributed by atoms with Crippen molar-refractivity contribution in [2.24, 2.45) is 0 Å². The first-order valence-corrected chi connectivity index (χ1v) is 6.26. The summed E-state index contributed by atoms with van der Waals surface area (Å²) < 4.78 is 0. The molecular weight excluding hydrogens is 218 g/mol. The van der Waals surface area contributed by atoms with Crippen LogP contribution in [-0.4, -0.2) is 22.2 Å². The molecule has 0 bridgehead atoms. The van der Waals surface area contributed by atoms with Crippen LogP contribution in [0.4, 0.5) is 0 Å². The van der Waals surface area contributed by atoms with Crippen LogP contribution < -0.4 is 5.32 Å². The molecule has 1 saturated heterocycles. The Balaban J connectivity index is 2.10. The van der Waals surface area contributed by atoms with Crippen LogP contribution >= 0.6 is 23.1 Å². The van der Waals surface area contributed by atoms with Gasteiger partial charge in [0.05, 0.1) is 6.04 Å². The lowest BCUT2D eigenvalue weighted by atomic mass is 10.2. The van der Waals surface area contributed by atoms with E-state index in [9.17, 15) is 4.79 Å². The maximum absolute atomic E-state index is 10.7. The summed E-state index contributed by atoms with van der Waals surface area (Å²) in [6.07, 6.45) is 0.